The van der Waals surface area contributed by atoms with E-state index in [0.29, 0.717) is 13.1 Å². The van der Waals surface area contributed by atoms with Gasteiger partial charge in [0.05, 0.1) is 16.3 Å². The average Bonchev–Trinajstić information content (AvgIpc) is 3.24. The number of carbonyl (C=O) groups is 1. The van der Waals surface area contributed by atoms with Gasteiger partial charge in [-0.15, -0.1) is 11.3 Å². The minimum atomic E-state index is -0.00394. The summed E-state index contributed by atoms with van der Waals surface area (Å²) < 4.78 is 0. The Kier molecular flexibility index (Phi) is 5.80. The van der Waals surface area contributed by atoms with Gasteiger partial charge in [0, 0.05) is 19.1 Å². The highest BCUT2D eigenvalue weighted by molar-refractivity contribution is 7.14. The summed E-state index contributed by atoms with van der Waals surface area (Å²) >= 11 is 1.44. The van der Waals surface area contributed by atoms with E-state index in [0.717, 1.165) is 34.4 Å². The first-order valence-corrected chi connectivity index (χ1v) is 8.29. The molecule has 1 amide bonds. The van der Waals surface area contributed by atoms with Gasteiger partial charge in [0.1, 0.15) is 0 Å². The first-order chi connectivity index (χ1) is 10.2. The number of nitrogens with zero attached hydrogens (tertiary/aromatic N) is 1. The maximum atomic E-state index is 12.1. The van der Waals surface area contributed by atoms with Gasteiger partial charge in [-0.1, -0.05) is 18.8 Å². The number of rotatable bonds is 6. The molecule has 0 radical (unpaired) electrons. The molecule has 1 aliphatic rings. The van der Waals surface area contributed by atoms with Crippen LogP contribution in [0.2, 0.25) is 0 Å². The van der Waals surface area contributed by atoms with Crippen molar-refractivity contribution in [1.29, 1.82) is 0 Å². The maximum absolute atomic E-state index is 12.1. The molecular weight excluding hydrogens is 282 g/mol. The van der Waals surface area contributed by atoms with Crippen molar-refractivity contribution in [2.45, 2.75) is 32.7 Å². The quantitative estimate of drug-likeness (QED) is 0.785. The van der Waals surface area contributed by atoms with Gasteiger partial charge in [-0.3, -0.25) is 9.69 Å². The van der Waals surface area contributed by atoms with Crippen LogP contribution in [0.5, 0.6) is 0 Å². The molecule has 114 valence electrons. The lowest BCUT2D eigenvalue weighted by molar-refractivity contribution is 0.0952. The molecule has 1 heterocycles. The third-order valence-corrected chi connectivity index (χ3v) is 4.75. The number of aryl methyl sites for hydroxylation is 1. The van der Waals surface area contributed by atoms with Gasteiger partial charge in [-0.2, -0.15) is 0 Å². The van der Waals surface area contributed by atoms with E-state index in [9.17, 15) is 4.79 Å². The van der Waals surface area contributed by atoms with Crippen LogP contribution < -0.4 is 11.1 Å². The summed E-state index contributed by atoms with van der Waals surface area (Å²) in [6.45, 7) is 7.16. The second-order valence-electron chi connectivity index (χ2n) is 5.24. The van der Waals surface area contributed by atoms with Gasteiger partial charge in [0.15, 0.2) is 0 Å². The van der Waals surface area contributed by atoms with Crippen LogP contribution in [-0.4, -0.2) is 43.0 Å². The molecule has 21 heavy (non-hydrogen) atoms. The molecule has 0 aliphatic heterocycles. The lowest BCUT2D eigenvalue weighted by Gasteiger charge is -2.19. The fraction of sp³-hybridized carbons (Fsp3) is 0.562. The van der Waals surface area contributed by atoms with Crippen LogP contribution in [0.1, 0.15) is 39.9 Å². The number of likely N-dealkylation sites (N-methyl/N-ethyl adjacent to an activating group) is 1. The standard InChI is InChI=1S/C16H23N3OS/c1-3-19(13-6-7-13)10-9-18-16(20)15-11-12(2)14(21-15)5-4-8-17/h11,13H,3,6-10,17H2,1-2H3,(H,18,20). The predicted molar refractivity (Wildman–Crippen MR) is 87.6 cm³/mol. The second-order valence-corrected chi connectivity index (χ2v) is 6.30. The lowest BCUT2D eigenvalue weighted by Crippen LogP contribution is -2.35. The second kappa shape index (κ2) is 7.60. The number of nitrogens with two attached hydrogens (primary N) is 1. The Hall–Kier alpha value is -1.35. The van der Waals surface area contributed by atoms with Crippen molar-refractivity contribution in [1.82, 2.24) is 10.2 Å². The third-order valence-electron chi connectivity index (χ3n) is 3.60. The van der Waals surface area contributed by atoms with Crippen molar-refractivity contribution in [2.75, 3.05) is 26.2 Å². The lowest BCUT2D eigenvalue weighted by atomic mass is 10.2. The smallest absolute Gasteiger partial charge is 0.261 e. The summed E-state index contributed by atoms with van der Waals surface area (Å²) in [5.41, 5.74) is 6.42. The molecule has 1 aromatic rings. The van der Waals surface area contributed by atoms with Crippen LogP contribution in [0, 0.1) is 18.8 Å². The molecule has 2 rings (SSSR count). The molecule has 1 aromatic heterocycles. The zero-order chi connectivity index (χ0) is 15.2. The molecule has 0 atom stereocenters. The molecule has 4 nitrogen and oxygen atoms in total. The summed E-state index contributed by atoms with van der Waals surface area (Å²) in [4.78, 5) is 16.2. The zero-order valence-corrected chi connectivity index (χ0v) is 13.6. The van der Waals surface area contributed by atoms with E-state index in [1.807, 2.05) is 13.0 Å². The highest BCUT2D eigenvalue weighted by Crippen LogP contribution is 2.26. The molecule has 1 fully saturated rings. The van der Waals surface area contributed by atoms with E-state index in [1.54, 1.807) is 0 Å². The van der Waals surface area contributed by atoms with Gasteiger partial charge in [-0.05, 0) is 37.9 Å². The van der Waals surface area contributed by atoms with Gasteiger partial charge >= 0.3 is 0 Å². The molecule has 1 aliphatic carbocycles. The Morgan fingerprint density at radius 1 is 1.57 bits per heavy atom. The number of hydrogen-bond donors (Lipinski definition) is 2. The molecule has 1 saturated carbocycles. The number of hydrogen-bond acceptors (Lipinski definition) is 4. The van der Waals surface area contributed by atoms with Crippen molar-refractivity contribution >= 4 is 17.2 Å². The van der Waals surface area contributed by atoms with Crippen LogP contribution in [0.4, 0.5) is 0 Å². The maximum Gasteiger partial charge on any atom is 0.261 e. The van der Waals surface area contributed by atoms with Crippen LogP contribution in [0.15, 0.2) is 6.07 Å². The van der Waals surface area contributed by atoms with Crippen molar-refractivity contribution < 1.29 is 4.79 Å². The van der Waals surface area contributed by atoms with Gasteiger partial charge < -0.3 is 11.1 Å². The monoisotopic (exact) mass is 305 g/mol. The first kappa shape index (κ1) is 16.0. The van der Waals surface area contributed by atoms with E-state index in [2.05, 4.69) is 29.0 Å². The average molecular weight is 305 g/mol. The van der Waals surface area contributed by atoms with Crippen LogP contribution >= 0.6 is 11.3 Å². The number of thiophene rings is 1. The van der Waals surface area contributed by atoms with Crippen LogP contribution in [0.3, 0.4) is 0 Å². The fourth-order valence-electron chi connectivity index (χ4n) is 2.29. The summed E-state index contributed by atoms with van der Waals surface area (Å²) in [6.07, 6.45) is 2.60. The fourth-order valence-corrected chi connectivity index (χ4v) is 3.25. The van der Waals surface area contributed by atoms with E-state index in [4.69, 9.17) is 5.73 Å². The van der Waals surface area contributed by atoms with Crippen molar-refractivity contribution in [3.8, 4) is 11.8 Å². The van der Waals surface area contributed by atoms with Crippen molar-refractivity contribution in [3.63, 3.8) is 0 Å². The Morgan fingerprint density at radius 2 is 2.33 bits per heavy atom. The minimum absolute atomic E-state index is 0.00394. The first-order valence-electron chi connectivity index (χ1n) is 7.47. The largest absolute Gasteiger partial charge is 0.350 e. The van der Waals surface area contributed by atoms with Crippen molar-refractivity contribution in [2.24, 2.45) is 5.73 Å². The van der Waals surface area contributed by atoms with E-state index in [-0.39, 0.29) is 5.91 Å². The summed E-state index contributed by atoms with van der Waals surface area (Å²) in [7, 11) is 0. The molecule has 5 heteroatoms. The van der Waals surface area contributed by atoms with Crippen molar-refractivity contribution in [3.05, 3.63) is 21.4 Å². The van der Waals surface area contributed by atoms with E-state index >= 15 is 0 Å². The Balaban J connectivity index is 1.85. The predicted octanol–water partition coefficient (Wildman–Crippen LogP) is 1.58. The summed E-state index contributed by atoms with van der Waals surface area (Å²) in [6, 6.07) is 2.65. The summed E-state index contributed by atoms with van der Waals surface area (Å²) in [5.74, 6) is 5.84. The Bertz CT molecular complexity index is 552. The minimum Gasteiger partial charge on any atom is -0.350 e. The molecule has 0 spiro atoms. The molecule has 0 unspecified atom stereocenters. The molecule has 0 saturated heterocycles. The Morgan fingerprint density at radius 3 is 2.95 bits per heavy atom. The molecular formula is C16H23N3OS. The van der Waals surface area contributed by atoms with Gasteiger partial charge in [0.25, 0.3) is 5.91 Å². The molecule has 0 bridgehead atoms. The number of nitrogens with one attached hydrogen (secondary N) is 1. The van der Waals surface area contributed by atoms with Crippen LogP contribution in [0.25, 0.3) is 0 Å². The van der Waals surface area contributed by atoms with Gasteiger partial charge in [-0.25, -0.2) is 0 Å². The number of carbonyl (C=O) groups excluding carboxylic acids is 1. The zero-order valence-electron chi connectivity index (χ0n) is 12.7. The third kappa shape index (κ3) is 4.57. The topological polar surface area (TPSA) is 58.4 Å². The number of amides is 1. The Labute approximate surface area is 130 Å². The molecule has 0 aromatic carbocycles. The highest BCUT2D eigenvalue weighted by atomic mass is 32.1. The molecule has 3 N–H and O–H groups in total. The SMILES string of the molecule is CCN(CCNC(=O)c1cc(C)c(C#CCN)s1)C1CC1. The van der Waals surface area contributed by atoms with E-state index in [1.165, 1.54) is 24.2 Å². The highest BCUT2D eigenvalue weighted by Gasteiger charge is 2.27. The van der Waals surface area contributed by atoms with Crippen LogP contribution in [-0.2, 0) is 0 Å². The normalized spacial score (nSPS) is 13.9. The van der Waals surface area contributed by atoms with Gasteiger partial charge in [0.2, 0.25) is 0 Å². The van der Waals surface area contributed by atoms with E-state index < -0.39 is 0 Å². The summed E-state index contributed by atoms with van der Waals surface area (Å²) in [5, 5.41) is 3.00.